The normalized spacial score (nSPS) is 10.5. The molecule has 0 fully saturated rings. The fourth-order valence-corrected chi connectivity index (χ4v) is 2.05. The molecule has 0 aliphatic rings. The minimum absolute atomic E-state index is 0.0988. The first-order valence-electron chi connectivity index (χ1n) is 7.56. The Morgan fingerprint density at radius 3 is 2.65 bits per heavy atom. The topological polar surface area (TPSA) is 67.1 Å². The molecule has 1 aromatic carbocycles. The lowest BCUT2D eigenvalue weighted by molar-refractivity contribution is -0.116. The minimum Gasteiger partial charge on any atom is -0.330 e. The zero-order chi connectivity index (χ0) is 14.6. The second-order valence-electron chi connectivity index (χ2n) is 4.94. The lowest BCUT2D eigenvalue weighted by Gasteiger charge is -2.11. The Bertz CT molecular complexity index is 393. The van der Waals surface area contributed by atoms with Crippen molar-refractivity contribution in [3.8, 4) is 0 Å². The molecule has 0 aliphatic carbocycles. The van der Waals surface area contributed by atoms with Gasteiger partial charge in [0.25, 0.3) is 0 Å². The molecule has 0 atom stereocenters. The van der Waals surface area contributed by atoms with E-state index in [0.717, 1.165) is 56.6 Å². The molecule has 0 saturated heterocycles. The van der Waals surface area contributed by atoms with E-state index in [0.29, 0.717) is 6.42 Å². The Balaban J connectivity index is 2.37. The zero-order valence-electron chi connectivity index (χ0n) is 12.5. The Morgan fingerprint density at radius 2 is 1.90 bits per heavy atom. The smallest absolute Gasteiger partial charge is 0.224 e. The van der Waals surface area contributed by atoms with Gasteiger partial charge in [0.1, 0.15) is 0 Å². The first kappa shape index (κ1) is 16.7. The SMILES string of the molecule is CCNCc1ccccc1NC(=O)CCCCCCN. The van der Waals surface area contributed by atoms with Crippen molar-refractivity contribution in [2.24, 2.45) is 5.73 Å². The number of rotatable bonds is 10. The molecule has 1 rings (SSSR count). The third-order valence-electron chi connectivity index (χ3n) is 3.21. The summed E-state index contributed by atoms with van der Waals surface area (Å²) in [6.45, 7) is 4.51. The summed E-state index contributed by atoms with van der Waals surface area (Å²) in [4.78, 5) is 11.9. The highest BCUT2D eigenvalue weighted by Crippen LogP contribution is 2.15. The van der Waals surface area contributed by atoms with E-state index in [4.69, 9.17) is 5.73 Å². The summed E-state index contributed by atoms with van der Waals surface area (Å²) in [5.74, 6) is 0.0988. The molecule has 0 bridgehead atoms. The minimum atomic E-state index is 0.0988. The van der Waals surface area contributed by atoms with Gasteiger partial charge in [0.15, 0.2) is 0 Å². The van der Waals surface area contributed by atoms with Crippen LogP contribution < -0.4 is 16.4 Å². The summed E-state index contributed by atoms with van der Waals surface area (Å²) in [5.41, 5.74) is 7.49. The van der Waals surface area contributed by atoms with E-state index in [9.17, 15) is 4.79 Å². The van der Waals surface area contributed by atoms with Gasteiger partial charge in [0.05, 0.1) is 0 Å². The van der Waals surface area contributed by atoms with Gasteiger partial charge >= 0.3 is 0 Å². The number of amides is 1. The average molecular weight is 277 g/mol. The van der Waals surface area contributed by atoms with E-state index in [-0.39, 0.29) is 5.91 Å². The van der Waals surface area contributed by atoms with Gasteiger partial charge in [-0.3, -0.25) is 4.79 Å². The summed E-state index contributed by atoms with van der Waals surface area (Å²) >= 11 is 0. The number of nitrogens with one attached hydrogen (secondary N) is 2. The average Bonchev–Trinajstić information content (AvgIpc) is 2.46. The molecule has 0 unspecified atom stereocenters. The highest BCUT2D eigenvalue weighted by Gasteiger charge is 2.05. The third-order valence-corrected chi connectivity index (χ3v) is 3.21. The highest BCUT2D eigenvalue weighted by molar-refractivity contribution is 5.91. The largest absolute Gasteiger partial charge is 0.330 e. The van der Waals surface area contributed by atoms with Crippen molar-refractivity contribution >= 4 is 11.6 Å². The van der Waals surface area contributed by atoms with Crippen LogP contribution in [0.15, 0.2) is 24.3 Å². The third kappa shape index (κ3) is 6.68. The molecule has 0 aliphatic heterocycles. The molecule has 0 spiro atoms. The fourth-order valence-electron chi connectivity index (χ4n) is 2.05. The molecular weight excluding hydrogens is 250 g/mol. The van der Waals surface area contributed by atoms with Crippen LogP contribution >= 0.6 is 0 Å². The van der Waals surface area contributed by atoms with E-state index >= 15 is 0 Å². The summed E-state index contributed by atoms with van der Waals surface area (Å²) in [7, 11) is 0. The van der Waals surface area contributed by atoms with Gasteiger partial charge in [0, 0.05) is 18.7 Å². The highest BCUT2D eigenvalue weighted by atomic mass is 16.1. The molecule has 0 radical (unpaired) electrons. The number of unbranched alkanes of at least 4 members (excludes halogenated alkanes) is 3. The number of para-hydroxylation sites is 1. The Labute approximate surface area is 122 Å². The van der Waals surface area contributed by atoms with Crippen molar-refractivity contribution < 1.29 is 4.79 Å². The number of nitrogens with two attached hydrogens (primary N) is 1. The van der Waals surface area contributed by atoms with Crippen molar-refractivity contribution in [1.82, 2.24) is 5.32 Å². The van der Waals surface area contributed by atoms with E-state index in [2.05, 4.69) is 17.6 Å². The molecule has 1 amide bonds. The lowest BCUT2D eigenvalue weighted by Crippen LogP contribution is -2.16. The maximum Gasteiger partial charge on any atom is 0.224 e. The summed E-state index contributed by atoms with van der Waals surface area (Å²) in [6.07, 6.45) is 4.75. The second-order valence-corrected chi connectivity index (χ2v) is 4.94. The van der Waals surface area contributed by atoms with Gasteiger partial charge < -0.3 is 16.4 Å². The van der Waals surface area contributed by atoms with Crippen LogP contribution in [0.4, 0.5) is 5.69 Å². The van der Waals surface area contributed by atoms with E-state index in [1.54, 1.807) is 0 Å². The van der Waals surface area contributed by atoms with Crippen molar-refractivity contribution in [1.29, 1.82) is 0 Å². The molecule has 0 aromatic heterocycles. The van der Waals surface area contributed by atoms with E-state index in [1.165, 1.54) is 0 Å². The summed E-state index contributed by atoms with van der Waals surface area (Å²) in [5, 5.41) is 6.29. The van der Waals surface area contributed by atoms with Crippen molar-refractivity contribution in [3.05, 3.63) is 29.8 Å². The maximum atomic E-state index is 11.9. The first-order chi connectivity index (χ1) is 9.77. The summed E-state index contributed by atoms with van der Waals surface area (Å²) < 4.78 is 0. The van der Waals surface area contributed by atoms with Crippen LogP contribution in [0.3, 0.4) is 0 Å². The van der Waals surface area contributed by atoms with Crippen LogP contribution in [-0.4, -0.2) is 19.0 Å². The summed E-state index contributed by atoms with van der Waals surface area (Å²) in [6, 6.07) is 7.94. The zero-order valence-corrected chi connectivity index (χ0v) is 12.5. The van der Waals surface area contributed by atoms with Crippen LogP contribution in [-0.2, 0) is 11.3 Å². The number of hydrogen-bond donors (Lipinski definition) is 3. The predicted molar refractivity (Wildman–Crippen MR) is 84.6 cm³/mol. The van der Waals surface area contributed by atoms with Crippen LogP contribution in [0.5, 0.6) is 0 Å². The monoisotopic (exact) mass is 277 g/mol. The molecule has 20 heavy (non-hydrogen) atoms. The first-order valence-corrected chi connectivity index (χ1v) is 7.56. The predicted octanol–water partition coefficient (Wildman–Crippen LogP) is 2.64. The quantitative estimate of drug-likeness (QED) is 0.576. The molecule has 4 N–H and O–H groups in total. The van der Waals surface area contributed by atoms with E-state index < -0.39 is 0 Å². The van der Waals surface area contributed by atoms with Crippen molar-refractivity contribution in [2.75, 3.05) is 18.4 Å². The Hall–Kier alpha value is -1.39. The van der Waals surface area contributed by atoms with Gasteiger partial charge in [0.2, 0.25) is 5.91 Å². The van der Waals surface area contributed by atoms with Gasteiger partial charge in [-0.15, -0.1) is 0 Å². The molecule has 4 nitrogen and oxygen atoms in total. The Morgan fingerprint density at radius 1 is 1.15 bits per heavy atom. The molecule has 4 heteroatoms. The van der Waals surface area contributed by atoms with Gasteiger partial charge in [-0.05, 0) is 37.6 Å². The van der Waals surface area contributed by atoms with Crippen LogP contribution in [0.1, 0.15) is 44.6 Å². The van der Waals surface area contributed by atoms with Gasteiger partial charge in [-0.2, -0.15) is 0 Å². The fraction of sp³-hybridized carbons (Fsp3) is 0.562. The number of anilines is 1. The molecule has 1 aromatic rings. The number of carbonyl (C=O) groups is 1. The molecule has 0 heterocycles. The van der Waals surface area contributed by atoms with Crippen LogP contribution in [0.25, 0.3) is 0 Å². The Kier molecular flexibility index (Phi) is 8.67. The van der Waals surface area contributed by atoms with Gasteiger partial charge in [-0.1, -0.05) is 38.0 Å². The molecular formula is C16H27N3O. The maximum absolute atomic E-state index is 11.9. The second kappa shape index (κ2) is 10.4. The number of benzene rings is 1. The van der Waals surface area contributed by atoms with Crippen molar-refractivity contribution in [2.45, 2.75) is 45.6 Å². The van der Waals surface area contributed by atoms with Crippen LogP contribution in [0, 0.1) is 0 Å². The van der Waals surface area contributed by atoms with Crippen molar-refractivity contribution in [3.63, 3.8) is 0 Å². The molecule has 0 saturated carbocycles. The standard InChI is InChI=1S/C16H27N3O/c1-2-18-13-14-9-6-7-10-15(14)19-16(20)11-5-3-4-8-12-17/h6-7,9-10,18H,2-5,8,11-13,17H2,1H3,(H,19,20). The number of carbonyl (C=O) groups excluding carboxylic acids is 1. The van der Waals surface area contributed by atoms with E-state index in [1.807, 2.05) is 24.3 Å². The lowest BCUT2D eigenvalue weighted by atomic mass is 10.1. The number of hydrogen-bond acceptors (Lipinski definition) is 3. The van der Waals surface area contributed by atoms with Gasteiger partial charge in [-0.25, -0.2) is 0 Å². The van der Waals surface area contributed by atoms with Crippen LogP contribution in [0.2, 0.25) is 0 Å². The molecule has 112 valence electrons.